The lowest BCUT2D eigenvalue weighted by atomic mass is 9.98. The number of esters is 1. The predicted molar refractivity (Wildman–Crippen MR) is 130 cm³/mol. The maximum Gasteiger partial charge on any atom is 0.326 e. The van der Waals surface area contributed by atoms with Crippen molar-refractivity contribution in [1.29, 1.82) is 0 Å². The molecule has 35 heavy (non-hydrogen) atoms. The van der Waals surface area contributed by atoms with Crippen LogP contribution in [0.5, 0.6) is 0 Å². The van der Waals surface area contributed by atoms with Crippen molar-refractivity contribution >= 4 is 55.1 Å². The molecule has 4 rings (SSSR count). The van der Waals surface area contributed by atoms with Gasteiger partial charge in [-0.05, 0) is 62.2 Å². The second-order valence-corrected chi connectivity index (χ2v) is 11.4. The molecule has 1 aromatic heterocycles. The summed E-state index contributed by atoms with van der Waals surface area (Å²) in [4.78, 5) is 29.8. The van der Waals surface area contributed by atoms with Crippen LogP contribution >= 0.6 is 22.9 Å². The van der Waals surface area contributed by atoms with Crippen LogP contribution in [-0.4, -0.2) is 48.9 Å². The van der Waals surface area contributed by atoms with Crippen LogP contribution in [0.4, 0.5) is 4.39 Å². The number of amides is 1. The summed E-state index contributed by atoms with van der Waals surface area (Å²) < 4.78 is 47.6. The van der Waals surface area contributed by atoms with Gasteiger partial charge >= 0.3 is 5.97 Å². The molecule has 0 aliphatic carbocycles. The van der Waals surface area contributed by atoms with Crippen LogP contribution in [0.1, 0.15) is 19.8 Å². The number of sulfonamides is 1. The second-order valence-electron chi connectivity index (χ2n) is 7.97. The Hall–Kier alpha value is -2.60. The topological polar surface area (TPSA) is 98.0 Å². The fourth-order valence-corrected chi connectivity index (χ4v) is 6.69. The van der Waals surface area contributed by atoms with E-state index in [0.29, 0.717) is 28.2 Å². The number of aromatic nitrogens is 1. The fourth-order valence-electron chi connectivity index (χ4n) is 3.91. The molecule has 0 bridgehead atoms. The van der Waals surface area contributed by atoms with Gasteiger partial charge in [0.05, 0.1) is 21.7 Å². The van der Waals surface area contributed by atoms with Gasteiger partial charge in [0.25, 0.3) is 5.91 Å². The van der Waals surface area contributed by atoms with E-state index in [1.54, 1.807) is 29.7 Å². The van der Waals surface area contributed by atoms with Crippen molar-refractivity contribution in [3.05, 3.63) is 58.1 Å². The normalized spacial score (nSPS) is 16.0. The maximum absolute atomic E-state index is 13.2. The van der Waals surface area contributed by atoms with E-state index in [-0.39, 0.29) is 37.0 Å². The largest absolute Gasteiger partial charge is 0.465 e. The molecule has 8 nitrogen and oxygen atoms in total. The number of fused-ring (bicyclic) bond motifs is 1. The van der Waals surface area contributed by atoms with E-state index in [1.165, 1.54) is 27.8 Å². The van der Waals surface area contributed by atoms with Gasteiger partial charge in [-0.2, -0.15) is 9.30 Å². The smallest absolute Gasteiger partial charge is 0.326 e. The van der Waals surface area contributed by atoms with Gasteiger partial charge in [0, 0.05) is 24.0 Å². The summed E-state index contributed by atoms with van der Waals surface area (Å²) in [6, 6.07) is 9.86. The van der Waals surface area contributed by atoms with Crippen LogP contribution in [0.25, 0.3) is 10.2 Å². The first kappa shape index (κ1) is 25.5. The Morgan fingerprint density at radius 2 is 1.86 bits per heavy atom. The molecule has 2 heterocycles. The fraction of sp³-hybridized carbons (Fsp3) is 0.348. The molecular formula is C23H23ClFN3O5S2. The summed E-state index contributed by atoms with van der Waals surface area (Å²) in [5, 5.41) is 0.523. The number of thiazole rings is 1. The van der Waals surface area contributed by atoms with Crippen LogP contribution in [0.3, 0.4) is 0 Å². The maximum atomic E-state index is 13.2. The lowest BCUT2D eigenvalue weighted by molar-refractivity contribution is -0.143. The minimum Gasteiger partial charge on any atom is -0.465 e. The number of carbonyl (C=O) groups is 2. The molecule has 3 aromatic rings. The van der Waals surface area contributed by atoms with Gasteiger partial charge in [-0.15, -0.1) is 0 Å². The Labute approximate surface area is 210 Å². The minimum atomic E-state index is -3.78. The monoisotopic (exact) mass is 539 g/mol. The first-order valence-corrected chi connectivity index (χ1v) is 13.6. The van der Waals surface area contributed by atoms with E-state index < -0.39 is 27.7 Å². The van der Waals surface area contributed by atoms with Crippen molar-refractivity contribution in [2.75, 3.05) is 19.7 Å². The zero-order valence-corrected chi connectivity index (χ0v) is 21.2. The molecule has 1 aliphatic heterocycles. The number of carbonyl (C=O) groups excluding carboxylic acids is 2. The van der Waals surface area contributed by atoms with E-state index in [4.69, 9.17) is 16.3 Å². The molecule has 0 spiro atoms. The highest BCUT2D eigenvalue weighted by Crippen LogP contribution is 2.26. The van der Waals surface area contributed by atoms with E-state index in [1.807, 2.05) is 0 Å². The summed E-state index contributed by atoms with van der Waals surface area (Å²) >= 11 is 7.34. The highest BCUT2D eigenvalue weighted by Gasteiger charge is 2.32. The zero-order chi connectivity index (χ0) is 25.2. The molecule has 0 unspecified atom stereocenters. The second kappa shape index (κ2) is 10.6. The van der Waals surface area contributed by atoms with Crippen LogP contribution < -0.4 is 4.80 Å². The van der Waals surface area contributed by atoms with Crippen molar-refractivity contribution in [2.45, 2.75) is 31.2 Å². The first-order chi connectivity index (χ1) is 16.7. The highest BCUT2D eigenvalue weighted by atomic mass is 35.5. The Morgan fingerprint density at radius 1 is 1.17 bits per heavy atom. The molecule has 1 amide bonds. The molecule has 2 aromatic carbocycles. The van der Waals surface area contributed by atoms with Gasteiger partial charge in [0.15, 0.2) is 4.80 Å². The highest BCUT2D eigenvalue weighted by molar-refractivity contribution is 7.89. The summed E-state index contributed by atoms with van der Waals surface area (Å²) in [7, 11) is -3.78. The van der Waals surface area contributed by atoms with Gasteiger partial charge in [-0.1, -0.05) is 22.9 Å². The van der Waals surface area contributed by atoms with Crippen LogP contribution in [-0.2, 0) is 30.9 Å². The third-order valence-electron chi connectivity index (χ3n) is 5.70. The van der Waals surface area contributed by atoms with Crippen molar-refractivity contribution < 1.29 is 27.1 Å². The number of piperidine rings is 1. The number of nitrogens with zero attached hydrogens (tertiary/aromatic N) is 3. The van der Waals surface area contributed by atoms with E-state index >= 15 is 0 Å². The van der Waals surface area contributed by atoms with Crippen LogP contribution in [0, 0.1) is 11.7 Å². The first-order valence-electron chi connectivity index (χ1n) is 11.0. The molecule has 0 atom stereocenters. The SMILES string of the molecule is CCOC(=O)Cn1c(=NC(=O)C2CCN(S(=O)(=O)c3ccc(F)cc3)CC2)sc2cc(Cl)ccc21. The summed E-state index contributed by atoms with van der Waals surface area (Å²) in [6.07, 6.45) is 0.606. The average Bonchev–Trinajstić information content (AvgIpc) is 3.15. The van der Waals surface area contributed by atoms with Crippen LogP contribution in [0.15, 0.2) is 52.4 Å². The Balaban J connectivity index is 1.54. The van der Waals surface area contributed by atoms with Crippen molar-refractivity contribution in [3.63, 3.8) is 0 Å². The third-order valence-corrected chi connectivity index (χ3v) is 8.89. The molecule has 0 N–H and O–H groups in total. The lowest BCUT2D eigenvalue weighted by Gasteiger charge is -2.29. The van der Waals surface area contributed by atoms with Gasteiger partial charge in [0.2, 0.25) is 10.0 Å². The molecule has 0 radical (unpaired) electrons. The number of hydrogen-bond acceptors (Lipinski definition) is 6. The number of halogens is 2. The van der Waals surface area contributed by atoms with Gasteiger partial charge in [-0.3, -0.25) is 9.59 Å². The van der Waals surface area contributed by atoms with Gasteiger partial charge < -0.3 is 9.30 Å². The van der Waals surface area contributed by atoms with Crippen molar-refractivity contribution in [1.82, 2.24) is 8.87 Å². The number of benzene rings is 2. The lowest BCUT2D eigenvalue weighted by Crippen LogP contribution is -2.40. The molecule has 1 aliphatic rings. The molecule has 186 valence electrons. The number of hydrogen-bond donors (Lipinski definition) is 0. The standard InChI is InChI=1S/C23H23ClFN3O5S2/c1-2-33-21(29)14-28-19-8-3-16(24)13-20(19)34-23(28)26-22(30)15-9-11-27(12-10-15)35(31,32)18-6-4-17(25)5-7-18/h3-8,13,15H,2,9-12,14H2,1H3. The minimum absolute atomic E-state index is 0.0114. The summed E-state index contributed by atoms with van der Waals surface area (Å²) in [5.74, 6) is -1.80. The van der Waals surface area contributed by atoms with Crippen LogP contribution in [0.2, 0.25) is 5.02 Å². The van der Waals surface area contributed by atoms with Crippen molar-refractivity contribution in [2.24, 2.45) is 10.9 Å². The number of ether oxygens (including phenoxy) is 1. The van der Waals surface area contributed by atoms with Gasteiger partial charge in [0.1, 0.15) is 12.4 Å². The Morgan fingerprint density at radius 3 is 2.51 bits per heavy atom. The summed E-state index contributed by atoms with van der Waals surface area (Å²) in [6.45, 7) is 2.15. The Kier molecular flexibility index (Phi) is 7.70. The van der Waals surface area contributed by atoms with E-state index in [9.17, 15) is 22.4 Å². The molecule has 1 fully saturated rings. The average molecular weight is 540 g/mol. The molecule has 12 heteroatoms. The zero-order valence-electron chi connectivity index (χ0n) is 18.8. The molecular weight excluding hydrogens is 517 g/mol. The summed E-state index contributed by atoms with van der Waals surface area (Å²) in [5.41, 5.74) is 0.708. The third kappa shape index (κ3) is 5.64. The molecule has 1 saturated heterocycles. The van der Waals surface area contributed by atoms with E-state index in [0.717, 1.165) is 16.8 Å². The van der Waals surface area contributed by atoms with Gasteiger partial charge in [-0.25, -0.2) is 12.8 Å². The van der Waals surface area contributed by atoms with Crippen molar-refractivity contribution in [3.8, 4) is 0 Å². The molecule has 0 saturated carbocycles. The van der Waals surface area contributed by atoms with E-state index in [2.05, 4.69) is 4.99 Å². The quantitative estimate of drug-likeness (QED) is 0.446. The number of rotatable bonds is 6. The predicted octanol–water partition coefficient (Wildman–Crippen LogP) is 3.59. The Bertz CT molecular complexity index is 1430.